The van der Waals surface area contributed by atoms with Gasteiger partial charge < -0.3 is 15.8 Å². The Morgan fingerprint density at radius 1 is 1.33 bits per heavy atom. The summed E-state index contributed by atoms with van der Waals surface area (Å²) < 4.78 is 5.34. The van der Waals surface area contributed by atoms with E-state index in [9.17, 15) is 9.59 Å². The maximum absolute atomic E-state index is 12.7. The van der Waals surface area contributed by atoms with Crippen LogP contribution in [0.2, 0.25) is 0 Å². The molecule has 1 amide bonds. The van der Waals surface area contributed by atoms with Crippen molar-refractivity contribution in [1.29, 1.82) is 0 Å². The lowest BCUT2D eigenvalue weighted by molar-refractivity contribution is -0.130. The van der Waals surface area contributed by atoms with Crippen LogP contribution >= 0.6 is 23.7 Å². The quantitative estimate of drug-likeness (QED) is 0.848. The maximum Gasteiger partial charge on any atom is 0.233 e. The molecule has 2 aliphatic rings. The predicted molar refractivity (Wildman–Crippen MR) is 96.0 cm³/mol. The number of nitrogens with two attached hydrogens (primary N) is 1. The smallest absolute Gasteiger partial charge is 0.233 e. The van der Waals surface area contributed by atoms with Gasteiger partial charge >= 0.3 is 0 Å². The van der Waals surface area contributed by atoms with Crippen molar-refractivity contribution in [1.82, 2.24) is 4.98 Å². The second-order valence-corrected chi connectivity index (χ2v) is 8.29. The van der Waals surface area contributed by atoms with Gasteiger partial charge in [-0.3, -0.25) is 9.59 Å². The van der Waals surface area contributed by atoms with Gasteiger partial charge in [0.15, 0.2) is 10.9 Å². The fourth-order valence-corrected chi connectivity index (χ4v) is 4.20. The summed E-state index contributed by atoms with van der Waals surface area (Å²) in [7, 11) is 0. The average molecular weight is 374 g/mol. The first-order valence-electron chi connectivity index (χ1n) is 7.97. The van der Waals surface area contributed by atoms with Crippen LogP contribution in [-0.2, 0) is 16.0 Å². The van der Waals surface area contributed by atoms with Crippen LogP contribution in [0, 0.1) is 10.8 Å². The minimum Gasteiger partial charge on any atom is -0.381 e. The van der Waals surface area contributed by atoms with Crippen LogP contribution < -0.4 is 11.1 Å². The van der Waals surface area contributed by atoms with Crippen molar-refractivity contribution in [3.05, 3.63) is 10.6 Å². The van der Waals surface area contributed by atoms with Crippen molar-refractivity contribution in [2.45, 2.75) is 39.5 Å². The van der Waals surface area contributed by atoms with E-state index in [4.69, 9.17) is 10.5 Å². The van der Waals surface area contributed by atoms with Crippen LogP contribution in [0.25, 0.3) is 0 Å². The number of hydrogen-bond acceptors (Lipinski definition) is 6. The van der Waals surface area contributed by atoms with E-state index >= 15 is 0 Å². The van der Waals surface area contributed by atoms with Crippen LogP contribution in [-0.4, -0.2) is 36.4 Å². The topological polar surface area (TPSA) is 94.3 Å². The van der Waals surface area contributed by atoms with Crippen LogP contribution in [0.1, 0.15) is 48.5 Å². The number of ketones is 1. The zero-order valence-electron chi connectivity index (χ0n) is 14.0. The number of hydrogen-bond donors (Lipinski definition) is 2. The summed E-state index contributed by atoms with van der Waals surface area (Å²) in [6.07, 6.45) is 2.52. The number of fused-ring (bicyclic) bond motifs is 1. The van der Waals surface area contributed by atoms with E-state index in [-0.39, 0.29) is 29.5 Å². The van der Waals surface area contributed by atoms with Crippen molar-refractivity contribution in [3.8, 4) is 0 Å². The molecule has 3 N–H and O–H groups in total. The van der Waals surface area contributed by atoms with Crippen molar-refractivity contribution in [3.63, 3.8) is 0 Å². The third kappa shape index (κ3) is 3.64. The van der Waals surface area contributed by atoms with Gasteiger partial charge in [-0.15, -0.1) is 12.4 Å². The molecule has 0 aromatic carbocycles. The van der Waals surface area contributed by atoms with Crippen molar-refractivity contribution >= 4 is 40.6 Å². The normalized spacial score (nSPS) is 21.5. The predicted octanol–water partition coefficient (Wildman–Crippen LogP) is 2.41. The number of carbonyl (C=O) groups is 2. The molecule has 1 aromatic heterocycles. The Morgan fingerprint density at radius 3 is 2.62 bits per heavy atom. The number of amides is 1. The lowest BCUT2D eigenvalue weighted by Gasteiger charge is -2.34. The van der Waals surface area contributed by atoms with Crippen LogP contribution in [0.5, 0.6) is 0 Å². The molecule has 0 spiro atoms. The molecule has 1 fully saturated rings. The Labute approximate surface area is 152 Å². The number of anilines is 1. The number of nitrogens with one attached hydrogen (secondary N) is 1. The molecule has 1 aromatic rings. The Balaban J connectivity index is 0.00000208. The highest BCUT2D eigenvalue weighted by Gasteiger charge is 2.40. The number of ether oxygens (including phenoxy) is 1. The minimum atomic E-state index is -0.590. The summed E-state index contributed by atoms with van der Waals surface area (Å²) in [5.74, 6) is 0.00922. The fourth-order valence-electron chi connectivity index (χ4n) is 3.29. The first-order valence-corrected chi connectivity index (χ1v) is 8.79. The van der Waals surface area contributed by atoms with Gasteiger partial charge in [0.05, 0.1) is 16.0 Å². The van der Waals surface area contributed by atoms with Gasteiger partial charge in [-0.2, -0.15) is 0 Å². The number of halogens is 1. The molecule has 1 saturated heterocycles. The minimum absolute atomic E-state index is 0. The molecule has 0 saturated carbocycles. The zero-order chi connectivity index (χ0) is 16.7. The van der Waals surface area contributed by atoms with Crippen molar-refractivity contribution in [2.24, 2.45) is 16.6 Å². The summed E-state index contributed by atoms with van der Waals surface area (Å²) in [5, 5.41) is 3.39. The van der Waals surface area contributed by atoms with E-state index < -0.39 is 5.41 Å². The molecule has 3 rings (SSSR count). The van der Waals surface area contributed by atoms with Crippen LogP contribution in [0.15, 0.2) is 0 Å². The molecule has 0 unspecified atom stereocenters. The molecule has 2 heterocycles. The summed E-state index contributed by atoms with van der Waals surface area (Å²) in [4.78, 5) is 30.1. The second kappa shape index (κ2) is 7.07. The van der Waals surface area contributed by atoms with E-state index in [0.29, 0.717) is 49.0 Å². The summed E-state index contributed by atoms with van der Waals surface area (Å²) in [5.41, 5.74) is 6.01. The van der Waals surface area contributed by atoms with Gasteiger partial charge in [-0.05, 0) is 24.7 Å². The molecule has 1 aliphatic heterocycles. The highest BCUT2D eigenvalue weighted by Crippen LogP contribution is 2.39. The number of rotatable bonds is 3. The van der Waals surface area contributed by atoms with Crippen LogP contribution in [0.3, 0.4) is 0 Å². The molecule has 1 aliphatic carbocycles. The Bertz CT molecular complexity index is 639. The van der Waals surface area contributed by atoms with E-state index in [1.54, 1.807) is 0 Å². The lowest BCUT2D eigenvalue weighted by atomic mass is 9.78. The molecule has 6 nitrogen and oxygen atoms in total. The molecule has 24 heavy (non-hydrogen) atoms. The van der Waals surface area contributed by atoms with Gasteiger partial charge in [-0.25, -0.2) is 4.98 Å². The van der Waals surface area contributed by atoms with Gasteiger partial charge in [0, 0.05) is 26.2 Å². The highest BCUT2D eigenvalue weighted by molar-refractivity contribution is 7.17. The van der Waals surface area contributed by atoms with E-state index in [1.807, 2.05) is 0 Å². The summed E-state index contributed by atoms with van der Waals surface area (Å²) >= 11 is 1.28. The SMILES string of the molecule is CC1(C)CC(=O)c2sc(NC(=O)C3(CN)CCOCC3)nc2C1.Cl. The largest absolute Gasteiger partial charge is 0.381 e. The third-order valence-corrected chi connectivity index (χ3v) is 5.83. The number of Topliss-reactive ketones (excluding diaryl/α,β-unsaturated/α-hetero) is 1. The molecule has 0 atom stereocenters. The van der Waals surface area contributed by atoms with E-state index in [0.717, 1.165) is 12.1 Å². The Kier molecular flexibility index (Phi) is 5.69. The van der Waals surface area contributed by atoms with Gasteiger partial charge in [0.25, 0.3) is 0 Å². The second-order valence-electron chi connectivity index (χ2n) is 7.29. The standard InChI is InChI=1S/C16H23N3O3S.ClH/c1-15(2)7-10-12(11(20)8-15)23-14(18-10)19-13(21)16(9-17)3-5-22-6-4-16;/h3-9,17H2,1-2H3,(H,18,19,21);1H. The van der Waals surface area contributed by atoms with Crippen molar-refractivity contribution < 1.29 is 14.3 Å². The first-order chi connectivity index (χ1) is 10.9. The summed E-state index contributed by atoms with van der Waals surface area (Å²) in [6, 6.07) is 0. The highest BCUT2D eigenvalue weighted by atomic mass is 35.5. The molecular formula is C16H24ClN3O3S. The van der Waals surface area contributed by atoms with Gasteiger partial charge in [0.2, 0.25) is 5.91 Å². The molecule has 8 heteroatoms. The molecule has 134 valence electrons. The molecule has 0 bridgehead atoms. The Hall–Kier alpha value is -1.02. The number of aromatic nitrogens is 1. The van der Waals surface area contributed by atoms with Gasteiger partial charge in [0.1, 0.15) is 0 Å². The molecule has 0 radical (unpaired) electrons. The number of thiazole rings is 1. The average Bonchev–Trinajstić information content (AvgIpc) is 2.89. The first kappa shape index (κ1) is 19.3. The number of carbonyl (C=O) groups excluding carboxylic acids is 2. The summed E-state index contributed by atoms with van der Waals surface area (Å²) in [6.45, 7) is 5.52. The van der Waals surface area contributed by atoms with Gasteiger partial charge in [-0.1, -0.05) is 25.2 Å². The zero-order valence-corrected chi connectivity index (χ0v) is 15.6. The van der Waals surface area contributed by atoms with Crippen molar-refractivity contribution in [2.75, 3.05) is 25.1 Å². The lowest BCUT2D eigenvalue weighted by Crippen LogP contribution is -2.46. The maximum atomic E-state index is 12.7. The molecular weight excluding hydrogens is 350 g/mol. The third-order valence-electron chi connectivity index (χ3n) is 4.78. The Morgan fingerprint density at radius 2 is 2.00 bits per heavy atom. The van der Waals surface area contributed by atoms with Crippen LogP contribution in [0.4, 0.5) is 5.13 Å². The van der Waals surface area contributed by atoms with E-state index in [2.05, 4.69) is 24.1 Å². The number of nitrogens with zero attached hydrogens (tertiary/aromatic N) is 1. The fraction of sp³-hybridized carbons (Fsp3) is 0.688. The monoisotopic (exact) mass is 373 g/mol. The van der Waals surface area contributed by atoms with E-state index in [1.165, 1.54) is 11.3 Å².